The number of hydrogen-bond donors (Lipinski definition) is 1. The summed E-state index contributed by atoms with van der Waals surface area (Å²) in [5, 5.41) is 7.91. The molecule has 0 aliphatic heterocycles. The molecule has 1 aromatic carbocycles. The van der Waals surface area contributed by atoms with E-state index in [4.69, 9.17) is 5.41 Å². The van der Waals surface area contributed by atoms with Gasteiger partial charge in [0.1, 0.15) is 5.84 Å². The van der Waals surface area contributed by atoms with E-state index in [0.29, 0.717) is 5.84 Å². The van der Waals surface area contributed by atoms with E-state index >= 15 is 0 Å². The molecule has 0 aliphatic rings. The van der Waals surface area contributed by atoms with E-state index < -0.39 is 0 Å². The van der Waals surface area contributed by atoms with Gasteiger partial charge in [0.2, 0.25) is 0 Å². The van der Waals surface area contributed by atoms with Crippen LogP contribution in [0.2, 0.25) is 0 Å². The number of nitrogens with one attached hydrogen (secondary N) is 1. The van der Waals surface area contributed by atoms with Gasteiger partial charge in [-0.05, 0) is 17.0 Å². The zero-order valence-corrected chi connectivity index (χ0v) is 10.3. The third-order valence-electron chi connectivity index (χ3n) is 2.45. The largest absolute Gasteiger partial charge is 0.363 e. The van der Waals surface area contributed by atoms with Crippen molar-refractivity contribution in [2.24, 2.45) is 0 Å². The smallest absolute Gasteiger partial charge is 0.127 e. The predicted molar refractivity (Wildman–Crippen MR) is 65.7 cm³/mol. The summed E-state index contributed by atoms with van der Waals surface area (Å²) in [7, 11) is 3.79. The zero-order valence-electron chi connectivity index (χ0n) is 10.3. The standard InChI is InChI=1S/C13H20N2/c1-13(2,3)11-8-6-7-10(9-11)12(14)15(4)5/h6-9,14H,1-5H3. The van der Waals surface area contributed by atoms with Crippen molar-refractivity contribution in [2.75, 3.05) is 14.1 Å². The van der Waals surface area contributed by atoms with Crippen LogP contribution in [0.15, 0.2) is 24.3 Å². The van der Waals surface area contributed by atoms with Crippen LogP contribution in [0.5, 0.6) is 0 Å². The summed E-state index contributed by atoms with van der Waals surface area (Å²) < 4.78 is 0. The molecule has 0 amide bonds. The molecule has 0 saturated carbocycles. The quantitative estimate of drug-likeness (QED) is 0.552. The van der Waals surface area contributed by atoms with E-state index in [2.05, 4.69) is 32.9 Å². The molecule has 0 fully saturated rings. The van der Waals surface area contributed by atoms with Crippen LogP contribution in [0.3, 0.4) is 0 Å². The van der Waals surface area contributed by atoms with E-state index in [0.717, 1.165) is 5.56 Å². The van der Waals surface area contributed by atoms with Crippen molar-refractivity contribution in [1.82, 2.24) is 4.90 Å². The molecule has 2 nitrogen and oxygen atoms in total. The van der Waals surface area contributed by atoms with E-state index in [1.807, 2.05) is 31.1 Å². The lowest BCUT2D eigenvalue weighted by Crippen LogP contribution is -2.22. The van der Waals surface area contributed by atoms with Crippen molar-refractivity contribution >= 4 is 5.84 Å². The Morgan fingerprint density at radius 1 is 1.20 bits per heavy atom. The van der Waals surface area contributed by atoms with Crippen LogP contribution >= 0.6 is 0 Å². The Bertz CT molecular complexity index is 359. The van der Waals surface area contributed by atoms with Gasteiger partial charge in [0.15, 0.2) is 0 Å². The van der Waals surface area contributed by atoms with Gasteiger partial charge in [-0.3, -0.25) is 5.41 Å². The SMILES string of the molecule is CN(C)C(=N)c1cccc(C(C)(C)C)c1. The molecular weight excluding hydrogens is 184 g/mol. The summed E-state index contributed by atoms with van der Waals surface area (Å²) in [4.78, 5) is 1.82. The molecule has 0 atom stereocenters. The van der Waals surface area contributed by atoms with E-state index in [-0.39, 0.29) is 5.41 Å². The molecule has 1 aromatic rings. The van der Waals surface area contributed by atoms with Gasteiger partial charge in [-0.2, -0.15) is 0 Å². The van der Waals surface area contributed by atoms with Crippen molar-refractivity contribution < 1.29 is 0 Å². The Morgan fingerprint density at radius 2 is 1.80 bits per heavy atom. The minimum absolute atomic E-state index is 0.141. The van der Waals surface area contributed by atoms with Crippen LogP contribution in [-0.2, 0) is 5.41 Å². The molecule has 0 heterocycles. The first-order valence-electron chi connectivity index (χ1n) is 5.19. The molecule has 82 valence electrons. The van der Waals surface area contributed by atoms with Crippen LogP contribution in [0, 0.1) is 5.41 Å². The van der Waals surface area contributed by atoms with Crippen LogP contribution in [0.25, 0.3) is 0 Å². The first kappa shape index (κ1) is 11.8. The first-order valence-corrected chi connectivity index (χ1v) is 5.19. The molecule has 0 aliphatic carbocycles. The van der Waals surface area contributed by atoms with Gasteiger partial charge in [-0.15, -0.1) is 0 Å². The van der Waals surface area contributed by atoms with Crippen molar-refractivity contribution in [3.63, 3.8) is 0 Å². The number of amidine groups is 1. The molecule has 2 heteroatoms. The molecule has 0 unspecified atom stereocenters. The molecule has 1 N–H and O–H groups in total. The minimum atomic E-state index is 0.141. The lowest BCUT2D eigenvalue weighted by molar-refractivity contribution is 0.588. The van der Waals surface area contributed by atoms with Crippen molar-refractivity contribution in [2.45, 2.75) is 26.2 Å². The normalized spacial score (nSPS) is 11.3. The minimum Gasteiger partial charge on any atom is -0.363 e. The molecule has 1 rings (SSSR count). The highest BCUT2D eigenvalue weighted by Gasteiger charge is 2.14. The third kappa shape index (κ3) is 2.82. The molecule has 0 radical (unpaired) electrons. The van der Waals surface area contributed by atoms with E-state index in [1.54, 1.807) is 0 Å². The van der Waals surface area contributed by atoms with Crippen molar-refractivity contribution in [3.8, 4) is 0 Å². The highest BCUT2D eigenvalue weighted by atomic mass is 15.1. The van der Waals surface area contributed by atoms with Crippen molar-refractivity contribution in [1.29, 1.82) is 5.41 Å². The molecule has 0 spiro atoms. The molecule has 0 saturated heterocycles. The first-order chi connectivity index (χ1) is 6.82. The number of hydrogen-bond acceptors (Lipinski definition) is 1. The predicted octanol–water partition coefficient (Wildman–Crippen LogP) is 2.87. The number of benzene rings is 1. The fourth-order valence-electron chi connectivity index (χ4n) is 1.39. The third-order valence-corrected chi connectivity index (χ3v) is 2.45. The number of rotatable bonds is 1. The topological polar surface area (TPSA) is 27.1 Å². The zero-order chi connectivity index (χ0) is 11.6. The van der Waals surface area contributed by atoms with E-state index in [9.17, 15) is 0 Å². The molecule has 15 heavy (non-hydrogen) atoms. The summed E-state index contributed by atoms with van der Waals surface area (Å²) in [6, 6.07) is 8.22. The highest BCUT2D eigenvalue weighted by Crippen LogP contribution is 2.22. The Kier molecular flexibility index (Phi) is 3.18. The fraction of sp³-hybridized carbons (Fsp3) is 0.462. The average Bonchev–Trinajstić information content (AvgIpc) is 2.15. The maximum Gasteiger partial charge on any atom is 0.127 e. The second-order valence-corrected chi connectivity index (χ2v) is 5.07. The Labute approximate surface area is 92.4 Å². The fourth-order valence-corrected chi connectivity index (χ4v) is 1.39. The monoisotopic (exact) mass is 204 g/mol. The lowest BCUT2D eigenvalue weighted by atomic mass is 9.86. The molecule has 0 bridgehead atoms. The van der Waals surface area contributed by atoms with Gasteiger partial charge in [-0.1, -0.05) is 39.0 Å². The summed E-state index contributed by atoms with van der Waals surface area (Å²) in [5.41, 5.74) is 2.39. The molecule has 0 aromatic heterocycles. The highest BCUT2D eigenvalue weighted by molar-refractivity contribution is 5.96. The van der Waals surface area contributed by atoms with E-state index in [1.165, 1.54) is 5.56 Å². The second kappa shape index (κ2) is 4.05. The molecular formula is C13H20N2. The Morgan fingerprint density at radius 3 is 2.27 bits per heavy atom. The Balaban J connectivity index is 3.09. The average molecular weight is 204 g/mol. The van der Waals surface area contributed by atoms with Gasteiger partial charge >= 0.3 is 0 Å². The maximum atomic E-state index is 7.91. The Hall–Kier alpha value is -1.31. The van der Waals surface area contributed by atoms with Crippen LogP contribution < -0.4 is 0 Å². The van der Waals surface area contributed by atoms with Crippen LogP contribution in [0.4, 0.5) is 0 Å². The summed E-state index contributed by atoms with van der Waals surface area (Å²) in [6.45, 7) is 6.56. The summed E-state index contributed by atoms with van der Waals surface area (Å²) >= 11 is 0. The van der Waals surface area contributed by atoms with Gasteiger partial charge in [-0.25, -0.2) is 0 Å². The van der Waals surface area contributed by atoms with Gasteiger partial charge in [0.05, 0.1) is 0 Å². The number of nitrogens with zero attached hydrogens (tertiary/aromatic N) is 1. The van der Waals surface area contributed by atoms with Crippen molar-refractivity contribution in [3.05, 3.63) is 35.4 Å². The summed E-state index contributed by atoms with van der Waals surface area (Å²) in [5.74, 6) is 0.557. The van der Waals surface area contributed by atoms with Gasteiger partial charge in [0.25, 0.3) is 0 Å². The second-order valence-electron chi connectivity index (χ2n) is 5.07. The van der Waals surface area contributed by atoms with Crippen LogP contribution in [-0.4, -0.2) is 24.8 Å². The maximum absolute atomic E-state index is 7.91. The van der Waals surface area contributed by atoms with Gasteiger partial charge < -0.3 is 4.90 Å². The summed E-state index contributed by atoms with van der Waals surface area (Å²) in [6.07, 6.45) is 0. The van der Waals surface area contributed by atoms with Crippen LogP contribution in [0.1, 0.15) is 31.9 Å². The lowest BCUT2D eigenvalue weighted by Gasteiger charge is -2.21. The van der Waals surface area contributed by atoms with Gasteiger partial charge in [0, 0.05) is 19.7 Å².